The molecule has 0 aromatic heterocycles. The van der Waals surface area contributed by atoms with Crippen molar-refractivity contribution in [2.24, 2.45) is 0 Å². The second kappa shape index (κ2) is 7.67. The van der Waals surface area contributed by atoms with Gasteiger partial charge in [0.2, 0.25) is 0 Å². The fraction of sp³-hybridized carbons (Fsp3) is 0.857. The Balaban J connectivity index is 3.80. The maximum Gasteiger partial charge on any atom is 0.303 e. The molecule has 0 rings (SSSR count). The monoisotopic (exact) mass is 288 g/mol. The third kappa shape index (κ3) is 8.03. The zero-order valence-electron chi connectivity index (χ0n) is 12.9. The minimum atomic E-state index is -1.99. The summed E-state index contributed by atoms with van der Waals surface area (Å²) in [5.74, 6) is -0.859. The third-order valence-corrected chi connectivity index (χ3v) is 8.05. The maximum absolute atomic E-state index is 11.8. The molecule has 5 heteroatoms. The Hall–Kier alpha value is -0.843. The second-order valence-electron chi connectivity index (χ2n) is 6.54. The van der Waals surface area contributed by atoms with Crippen molar-refractivity contribution in [2.75, 3.05) is 0 Å². The molecular weight excluding hydrogens is 260 g/mol. The van der Waals surface area contributed by atoms with Crippen LogP contribution >= 0.6 is 0 Å². The van der Waals surface area contributed by atoms with Crippen molar-refractivity contribution in [3.05, 3.63) is 0 Å². The van der Waals surface area contributed by atoms with Crippen LogP contribution in [0.25, 0.3) is 0 Å². The van der Waals surface area contributed by atoms with Gasteiger partial charge in [0.25, 0.3) is 14.3 Å². The molecule has 0 bridgehead atoms. The van der Waals surface area contributed by atoms with Crippen molar-refractivity contribution < 1.29 is 19.1 Å². The van der Waals surface area contributed by atoms with Crippen molar-refractivity contribution in [2.45, 2.75) is 77.4 Å². The first kappa shape index (κ1) is 18.2. The van der Waals surface area contributed by atoms with Crippen LogP contribution in [0, 0.1) is 0 Å². The summed E-state index contributed by atoms with van der Waals surface area (Å²) in [6.45, 7) is 10.5. The summed E-state index contributed by atoms with van der Waals surface area (Å²) >= 11 is 0. The molecule has 0 aliphatic carbocycles. The van der Waals surface area contributed by atoms with Crippen LogP contribution < -0.4 is 0 Å². The topological polar surface area (TPSA) is 63.6 Å². The van der Waals surface area contributed by atoms with E-state index in [0.717, 1.165) is 19.3 Å². The first-order valence-corrected chi connectivity index (χ1v) is 9.91. The molecule has 0 saturated heterocycles. The zero-order valence-corrected chi connectivity index (χ0v) is 13.9. The molecular formula is C14H28O4Si. The highest BCUT2D eigenvalue weighted by Gasteiger charge is 2.40. The van der Waals surface area contributed by atoms with E-state index in [9.17, 15) is 9.59 Å². The number of hydrogen-bond donors (Lipinski definition) is 1. The van der Waals surface area contributed by atoms with Gasteiger partial charge in [0.05, 0.1) is 0 Å². The Morgan fingerprint density at radius 1 is 1.00 bits per heavy atom. The van der Waals surface area contributed by atoms with E-state index in [1.54, 1.807) is 0 Å². The highest BCUT2D eigenvalue weighted by Crippen LogP contribution is 2.36. The van der Waals surface area contributed by atoms with Crippen LogP contribution in [0.2, 0.25) is 18.1 Å². The van der Waals surface area contributed by atoms with E-state index < -0.39 is 14.3 Å². The fourth-order valence-corrected chi connectivity index (χ4v) is 2.37. The van der Waals surface area contributed by atoms with Gasteiger partial charge in [0, 0.05) is 12.8 Å². The molecule has 0 amide bonds. The lowest BCUT2D eigenvalue weighted by Gasteiger charge is -2.35. The average Bonchev–Trinajstić information content (AvgIpc) is 2.20. The SMILES string of the molecule is CC(C)(C)[Si](C)(C)OC(=O)CCCCCCC(=O)O. The van der Waals surface area contributed by atoms with Crippen LogP contribution in [0.3, 0.4) is 0 Å². The van der Waals surface area contributed by atoms with Gasteiger partial charge in [-0.15, -0.1) is 0 Å². The molecule has 0 aromatic rings. The number of aliphatic carboxylic acids is 1. The minimum Gasteiger partial charge on any atom is -0.519 e. The van der Waals surface area contributed by atoms with Crippen molar-refractivity contribution in [1.29, 1.82) is 0 Å². The maximum atomic E-state index is 11.8. The van der Waals surface area contributed by atoms with Crippen LogP contribution in [0.4, 0.5) is 0 Å². The smallest absolute Gasteiger partial charge is 0.303 e. The first-order chi connectivity index (χ1) is 8.56. The quantitative estimate of drug-likeness (QED) is 0.542. The highest BCUT2D eigenvalue weighted by molar-refractivity contribution is 6.75. The minimum absolute atomic E-state index is 0.0458. The van der Waals surface area contributed by atoms with Crippen molar-refractivity contribution in [1.82, 2.24) is 0 Å². The molecule has 0 radical (unpaired) electrons. The second-order valence-corrected chi connectivity index (χ2v) is 11.3. The van der Waals surface area contributed by atoms with E-state index in [0.29, 0.717) is 12.8 Å². The number of unbranched alkanes of at least 4 members (excludes halogenated alkanes) is 3. The van der Waals surface area contributed by atoms with E-state index in [1.807, 2.05) is 0 Å². The summed E-state index contributed by atoms with van der Waals surface area (Å²) < 4.78 is 5.65. The zero-order chi connectivity index (χ0) is 15.1. The number of carboxylic acids is 1. The van der Waals surface area contributed by atoms with Gasteiger partial charge in [0.1, 0.15) is 0 Å². The summed E-state index contributed by atoms with van der Waals surface area (Å²) in [5.41, 5.74) is 0. The molecule has 0 fully saturated rings. The van der Waals surface area contributed by atoms with Gasteiger partial charge in [-0.25, -0.2) is 0 Å². The predicted molar refractivity (Wildman–Crippen MR) is 78.6 cm³/mol. The van der Waals surface area contributed by atoms with Crippen molar-refractivity contribution in [3.8, 4) is 0 Å². The largest absolute Gasteiger partial charge is 0.519 e. The molecule has 0 aliphatic rings. The van der Waals surface area contributed by atoms with Gasteiger partial charge >= 0.3 is 5.97 Å². The number of carboxylic acid groups (broad SMARTS) is 1. The van der Waals surface area contributed by atoms with Gasteiger partial charge in [-0.1, -0.05) is 33.6 Å². The molecule has 0 saturated carbocycles. The van der Waals surface area contributed by atoms with Crippen LogP contribution in [-0.2, 0) is 14.0 Å². The standard InChI is InChI=1S/C14H28O4Si/c1-14(2,3)19(4,5)18-13(17)11-9-7-6-8-10-12(15)16/h6-11H2,1-5H3,(H,15,16). The summed E-state index contributed by atoms with van der Waals surface area (Å²) in [6.07, 6.45) is 3.88. The van der Waals surface area contributed by atoms with Gasteiger partial charge < -0.3 is 9.53 Å². The predicted octanol–water partition coefficient (Wildman–Crippen LogP) is 3.96. The van der Waals surface area contributed by atoms with Crippen LogP contribution in [-0.4, -0.2) is 25.4 Å². The molecule has 4 nitrogen and oxygen atoms in total. The van der Waals surface area contributed by atoms with Gasteiger partial charge in [0.15, 0.2) is 0 Å². The molecule has 0 heterocycles. The summed E-state index contributed by atoms with van der Waals surface area (Å²) in [5, 5.41) is 8.54. The van der Waals surface area contributed by atoms with Gasteiger partial charge in [-0.3, -0.25) is 9.59 Å². The summed E-state index contributed by atoms with van der Waals surface area (Å²) in [7, 11) is -1.99. The number of carbonyl (C=O) groups is 2. The van der Waals surface area contributed by atoms with Crippen molar-refractivity contribution in [3.63, 3.8) is 0 Å². The average molecular weight is 288 g/mol. The molecule has 0 unspecified atom stereocenters. The van der Waals surface area contributed by atoms with Crippen LogP contribution in [0.15, 0.2) is 0 Å². The van der Waals surface area contributed by atoms with E-state index in [2.05, 4.69) is 33.9 Å². The van der Waals surface area contributed by atoms with Crippen LogP contribution in [0.5, 0.6) is 0 Å². The third-order valence-electron chi connectivity index (χ3n) is 3.70. The molecule has 112 valence electrons. The molecule has 0 spiro atoms. The van der Waals surface area contributed by atoms with Gasteiger partial charge in [-0.05, 0) is 31.0 Å². The molecule has 0 aliphatic heterocycles. The van der Waals surface area contributed by atoms with E-state index >= 15 is 0 Å². The van der Waals surface area contributed by atoms with Gasteiger partial charge in [-0.2, -0.15) is 0 Å². The lowest BCUT2D eigenvalue weighted by Crippen LogP contribution is -2.42. The molecule has 1 N–H and O–H groups in total. The molecule has 0 atom stereocenters. The Kier molecular flexibility index (Phi) is 7.33. The normalized spacial score (nSPS) is 12.3. The molecule has 19 heavy (non-hydrogen) atoms. The lowest BCUT2D eigenvalue weighted by molar-refractivity contribution is -0.137. The fourth-order valence-electron chi connectivity index (χ4n) is 1.39. The summed E-state index contributed by atoms with van der Waals surface area (Å²) in [4.78, 5) is 22.1. The van der Waals surface area contributed by atoms with Crippen LogP contribution in [0.1, 0.15) is 59.3 Å². The number of carbonyl (C=O) groups excluding carboxylic acids is 1. The van der Waals surface area contributed by atoms with Crippen molar-refractivity contribution >= 4 is 20.3 Å². The Bertz CT molecular complexity index is 305. The Morgan fingerprint density at radius 3 is 1.89 bits per heavy atom. The lowest BCUT2D eigenvalue weighted by atomic mass is 10.1. The van der Waals surface area contributed by atoms with E-state index in [1.165, 1.54) is 0 Å². The molecule has 0 aromatic carbocycles. The van der Waals surface area contributed by atoms with E-state index in [4.69, 9.17) is 9.53 Å². The summed E-state index contributed by atoms with van der Waals surface area (Å²) in [6, 6.07) is 0. The highest BCUT2D eigenvalue weighted by atomic mass is 28.4. The first-order valence-electron chi connectivity index (χ1n) is 7.00. The Morgan fingerprint density at radius 2 is 1.47 bits per heavy atom. The number of hydrogen-bond acceptors (Lipinski definition) is 3. The Labute approximate surface area is 117 Å². The van der Waals surface area contributed by atoms with E-state index in [-0.39, 0.29) is 17.4 Å². The number of rotatable bonds is 8.